The molecule has 0 radical (unpaired) electrons. The predicted molar refractivity (Wildman–Crippen MR) is 94.1 cm³/mol. The SMILES string of the molecule is COc1cc(N2CCN(C(=O)c3c(C)nn(C)c3C)CC2)nc(C)n1. The molecule has 8 nitrogen and oxygen atoms in total. The van der Waals surface area contributed by atoms with Crippen molar-refractivity contribution in [3.63, 3.8) is 0 Å². The van der Waals surface area contributed by atoms with Crippen LogP contribution in [0.2, 0.25) is 0 Å². The van der Waals surface area contributed by atoms with Gasteiger partial charge in [-0.1, -0.05) is 0 Å². The van der Waals surface area contributed by atoms with Crippen molar-refractivity contribution in [2.45, 2.75) is 20.8 Å². The van der Waals surface area contributed by atoms with Gasteiger partial charge >= 0.3 is 0 Å². The largest absolute Gasteiger partial charge is 0.481 e. The van der Waals surface area contributed by atoms with Crippen LogP contribution in [0.15, 0.2) is 6.07 Å². The van der Waals surface area contributed by atoms with Crippen molar-refractivity contribution >= 4 is 11.7 Å². The molecule has 0 atom stereocenters. The van der Waals surface area contributed by atoms with Gasteiger partial charge in [-0.2, -0.15) is 10.1 Å². The van der Waals surface area contributed by atoms with Crippen molar-refractivity contribution in [2.75, 3.05) is 38.2 Å². The summed E-state index contributed by atoms with van der Waals surface area (Å²) in [5.41, 5.74) is 2.40. The van der Waals surface area contributed by atoms with Crippen LogP contribution >= 0.6 is 0 Å². The molecule has 3 rings (SSSR count). The van der Waals surface area contributed by atoms with Crippen molar-refractivity contribution < 1.29 is 9.53 Å². The normalized spacial score (nSPS) is 14.8. The van der Waals surface area contributed by atoms with Gasteiger partial charge in [0.25, 0.3) is 5.91 Å². The number of anilines is 1. The number of carbonyl (C=O) groups excluding carboxylic acids is 1. The standard InChI is InChI=1S/C17H24N6O2/c1-11-16(12(2)21(4)20-11)17(24)23-8-6-22(7-9-23)14-10-15(25-5)19-13(3)18-14/h10H,6-9H2,1-5H3. The van der Waals surface area contributed by atoms with Crippen LogP contribution in [0.4, 0.5) is 5.82 Å². The van der Waals surface area contributed by atoms with E-state index in [2.05, 4.69) is 20.0 Å². The van der Waals surface area contributed by atoms with E-state index in [4.69, 9.17) is 4.74 Å². The zero-order chi connectivity index (χ0) is 18.1. The van der Waals surface area contributed by atoms with Gasteiger partial charge in [0.15, 0.2) is 0 Å². The molecule has 8 heteroatoms. The average molecular weight is 344 g/mol. The minimum Gasteiger partial charge on any atom is -0.481 e. The molecule has 1 fully saturated rings. The van der Waals surface area contributed by atoms with E-state index < -0.39 is 0 Å². The van der Waals surface area contributed by atoms with Crippen molar-refractivity contribution in [1.29, 1.82) is 0 Å². The summed E-state index contributed by atoms with van der Waals surface area (Å²) < 4.78 is 6.98. The molecule has 25 heavy (non-hydrogen) atoms. The number of rotatable bonds is 3. The number of piperazine rings is 1. The Hall–Kier alpha value is -2.64. The van der Waals surface area contributed by atoms with Crippen molar-refractivity contribution in [3.05, 3.63) is 28.8 Å². The number of nitrogens with zero attached hydrogens (tertiary/aromatic N) is 6. The zero-order valence-corrected chi connectivity index (χ0v) is 15.4. The first-order chi connectivity index (χ1) is 11.9. The highest BCUT2D eigenvalue weighted by atomic mass is 16.5. The van der Waals surface area contributed by atoms with Crippen LogP contribution in [-0.4, -0.2) is 63.8 Å². The molecule has 2 aromatic heterocycles. The summed E-state index contributed by atoms with van der Waals surface area (Å²) in [4.78, 5) is 25.6. The third-order valence-corrected chi connectivity index (χ3v) is 4.62. The van der Waals surface area contributed by atoms with Gasteiger partial charge in [-0.25, -0.2) is 4.98 Å². The van der Waals surface area contributed by atoms with E-state index in [0.29, 0.717) is 24.8 Å². The van der Waals surface area contributed by atoms with Crippen LogP contribution in [0.5, 0.6) is 5.88 Å². The molecule has 0 aliphatic carbocycles. The van der Waals surface area contributed by atoms with Gasteiger partial charge in [0.05, 0.1) is 18.4 Å². The molecule has 0 spiro atoms. The summed E-state index contributed by atoms with van der Waals surface area (Å²) in [5, 5.41) is 4.35. The lowest BCUT2D eigenvalue weighted by Gasteiger charge is -2.35. The molecule has 0 bridgehead atoms. The number of carbonyl (C=O) groups is 1. The molecule has 0 saturated carbocycles. The molecule has 1 amide bonds. The summed E-state index contributed by atoms with van der Waals surface area (Å²) in [7, 11) is 3.46. The van der Waals surface area contributed by atoms with Gasteiger partial charge in [-0.05, 0) is 20.8 Å². The Morgan fingerprint density at radius 2 is 1.80 bits per heavy atom. The number of amides is 1. The highest BCUT2D eigenvalue weighted by Gasteiger charge is 2.27. The fraction of sp³-hybridized carbons (Fsp3) is 0.529. The highest BCUT2D eigenvalue weighted by Crippen LogP contribution is 2.21. The number of hydrogen-bond donors (Lipinski definition) is 0. The number of ether oxygens (including phenoxy) is 1. The summed E-state index contributed by atoms with van der Waals surface area (Å²) in [5.74, 6) is 2.13. The second kappa shape index (κ2) is 6.70. The molecular weight excluding hydrogens is 320 g/mol. The third kappa shape index (κ3) is 3.29. The van der Waals surface area contributed by atoms with Crippen LogP contribution in [0, 0.1) is 20.8 Å². The number of methoxy groups -OCH3 is 1. The fourth-order valence-corrected chi connectivity index (χ4v) is 3.17. The monoisotopic (exact) mass is 344 g/mol. The van der Waals surface area contributed by atoms with Crippen molar-refractivity contribution in [1.82, 2.24) is 24.6 Å². The number of aryl methyl sites for hydroxylation is 3. The maximum absolute atomic E-state index is 12.9. The van der Waals surface area contributed by atoms with E-state index in [1.165, 1.54) is 0 Å². The highest BCUT2D eigenvalue weighted by molar-refractivity contribution is 5.96. The van der Waals surface area contributed by atoms with E-state index in [1.807, 2.05) is 38.8 Å². The first-order valence-corrected chi connectivity index (χ1v) is 8.34. The Morgan fingerprint density at radius 3 is 2.36 bits per heavy atom. The summed E-state index contributed by atoms with van der Waals surface area (Å²) in [6.07, 6.45) is 0. The molecule has 0 aromatic carbocycles. The van der Waals surface area contributed by atoms with Crippen LogP contribution in [-0.2, 0) is 7.05 Å². The molecule has 134 valence electrons. The third-order valence-electron chi connectivity index (χ3n) is 4.62. The molecule has 1 aliphatic heterocycles. The molecular formula is C17H24N6O2. The minimum absolute atomic E-state index is 0.0548. The zero-order valence-electron chi connectivity index (χ0n) is 15.4. The molecule has 3 heterocycles. The Balaban J connectivity index is 1.71. The van der Waals surface area contributed by atoms with Gasteiger partial charge in [0, 0.05) is 45.0 Å². The molecule has 0 N–H and O–H groups in total. The lowest BCUT2D eigenvalue weighted by Crippen LogP contribution is -2.49. The van der Waals surface area contributed by atoms with E-state index in [-0.39, 0.29) is 5.91 Å². The number of aromatic nitrogens is 4. The molecule has 1 aliphatic rings. The fourth-order valence-electron chi connectivity index (χ4n) is 3.17. The Kier molecular flexibility index (Phi) is 4.61. The van der Waals surface area contributed by atoms with Crippen LogP contribution < -0.4 is 9.64 Å². The van der Waals surface area contributed by atoms with Crippen LogP contribution in [0.3, 0.4) is 0 Å². The average Bonchev–Trinajstić information content (AvgIpc) is 2.86. The summed E-state index contributed by atoms with van der Waals surface area (Å²) >= 11 is 0. The van der Waals surface area contributed by atoms with E-state index in [9.17, 15) is 4.79 Å². The topological polar surface area (TPSA) is 76.4 Å². The Labute approximate surface area is 147 Å². The number of hydrogen-bond acceptors (Lipinski definition) is 6. The maximum Gasteiger partial charge on any atom is 0.257 e. The first-order valence-electron chi connectivity index (χ1n) is 8.34. The minimum atomic E-state index is 0.0548. The Bertz CT molecular complexity index is 793. The van der Waals surface area contributed by atoms with Crippen LogP contribution in [0.25, 0.3) is 0 Å². The predicted octanol–water partition coefficient (Wildman–Crippen LogP) is 1.11. The van der Waals surface area contributed by atoms with Gasteiger partial charge in [0.1, 0.15) is 11.6 Å². The smallest absolute Gasteiger partial charge is 0.257 e. The molecule has 0 unspecified atom stereocenters. The van der Waals surface area contributed by atoms with E-state index in [0.717, 1.165) is 35.9 Å². The second-order valence-electron chi connectivity index (χ2n) is 6.26. The second-order valence-corrected chi connectivity index (χ2v) is 6.26. The quantitative estimate of drug-likeness (QED) is 0.830. The maximum atomic E-state index is 12.9. The van der Waals surface area contributed by atoms with Crippen LogP contribution in [0.1, 0.15) is 27.6 Å². The van der Waals surface area contributed by atoms with Gasteiger partial charge in [-0.3, -0.25) is 9.48 Å². The van der Waals surface area contributed by atoms with E-state index in [1.54, 1.807) is 11.8 Å². The van der Waals surface area contributed by atoms with E-state index >= 15 is 0 Å². The van der Waals surface area contributed by atoms with Gasteiger partial charge in [0.2, 0.25) is 5.88 Å². The lowest BCUT2D eigenvalue weighted by atomic mass is 10.1. The Morgan fingerprint density at radius 1 is 1.12 bits per heavy atom. The van der Waals surface area contributed by atoms with Gasteiger partial charge < -0.3 is 14.5 Å². The van der Waals surface area contributed by atoms with Crippen molar-refractivity contribution in [2.24, 2.45) is 7.05 Å². The summed E-state index contributed by atoms with van der Waals surface area (Å²) in [6, 6.07) is 1.83. The van der Waals surface area contributed by atoms with Crippen molar-refractivity contribution in [3.8, 4) is 5.88 Å². The molecule has 2 aromatic rings. The van der Waals surface area contributed by atoms with Gasteiger partial charge in [-0.15, -0.1) is 0 Å². The lowest BCUT2D eigenvalue weighted by molar-refractivity contribution is 0.0745. The molecule has 1 saturated heterocycles. The first kappa shape index (κ1) is 17.2. The summed E-state index contributed by atoms with van der Waals surface area (Å²) in [6.45, 7) is 8.41.